The molecule has 13 heavy (non-hydrogen) atoms. The molecule has 0 saturated heterocycles. The lowest BCUT2D eigenvalue weighted by atomic mass is 10.2. The van der Waals surface area contributed by atoms with Gasteiger partial charge >= 0.3 is 12.1 Å². The van der Waals surface area contributed by atoms with Crippen LogP contribution in [0.4, 0.5) is 22.0 Å². The average Bonchev–Trinajstić information content (AvgIpc) is 1.82. The first-order valence-electron chi connectivity index (χ1n) is 2.99. The third-order valence-electron chi connectivity index (χ3n) is 1.04. The van der Waals surface area contributed by atoms with Gasteiger partial charge in [-0.15, -0.1) is 0 Å². The van der Waals surface area contributed by atoms with Crippen LogP contribution in [0.15, 0.2) is 12.2 Å². The van der Waals surface area contributed by atoms with Crippen molar-refractivity contribution >= 4 is 5.97 Å². The van der Waals surface area contributed by atoms with E-state index < -0.39 is 24.5 Å². The first-order valence-corrected chi connectivity index (χ1v) is 2.99. The topological polar surface area (TPSA) is 40.1 Å². The molecule has 0 N–H and O–H groups in total. The fourth-order valence-corrected chi connectivity index (χ4v) is 0.419. The normalized spacial score (nSPS) is 13.6. The second kappa shape index (κ2) is 3.71. The highest BCUT2D eigenvalue weighted by Gasteiger charge is 2.56. The maximum absolute atomic E-state index is 12.0. The van der Waals surface area contributed by atoms with Gasteiger partial charge in [-0.3, -0.25) is 0 Å². The van der Waals surface area contributed by atoms with Crippen LogP contribution in [-0.2, 0) is 4.79 Å². The summed E-state index contributed by atoms with van der Waals surface area (Å²) in [6.07, 6.45) is -7.05. The van der Waals surface area contributed by atoms with Gasteiger partial charge < -0.3 is 9.90 Å². The Morgan fingerprint density at radius 2 is 1.69 bits per heavy atom. The zero-order chi connectivity index (χ0) is 10.7. The van der Waals surface area contributed by atoms with Crippen LogP contribution >= 0.6 is 0 Å². The predicted molar refractivity (Wildman–Crippen MR) is 29.8 cm³/mol. The van der Waals surface area contributed by atoms with E-state index in [9.17, 15) is 31.9 Å². The summed E-state index contributed by atoms with van der Waals surface area (Å²) in [5.41, 5.74) is 0. The van der Waals surface area contributed by atoms with Crippen LogP contribution in [0.5, 0.6) is 0 Å². The van der Waals surface area contributed by atoms with Gasteiger partial charge in [-0.1, -0.05) is 6.08 Å². The molecule has 0 aliphatic rings. The second-order valence-corrected chi connectivity index (χ2v) is 2.13. The molecule has 0 saturated carbocycles. The molecule has 0 spiro atoms. The first-order chi connectivity index (χ1) is 5.67. The van der Waals surface area contributed by atoms with E-state index in [0.717, 1.165) is 0 Å². The molecule has 0 atom stereocenters. The third-order valence-corrected chi connectivity index (χ3v) is 1.04. The van der Waals surface area contributed by atoms with Crippen LogP contribution in [0, 0.1) is 0 Å². The number of hydrogen-bond donors (Lipinski definition) is 0. The fraction of sp³-hybridized carbons (Fsp3) is 0.500. The van der Waals surface area contributed by atoms with Gasteiger partial charge in [0.25, 0.3) is 0 Å². The van der Waals surface area contributed by atoms with E-state index in [4.69, 9.17) is 0 Å². The Morgan fingerprint density at radius 3 is 2.00 bits per heavy atom. The highest BCUT2D eigenvalue weighted by atomic mass is 19.4. The van der Waals surface area contributed by atoms with Gasteiger partial charge in [0.05, 0.1) is 5.97 Å². The van der Waals surface area contributed by atoms with Crippen molar-refractivity contribution in [1.29, 1.82) is 0 Å². The lowest BCUT2D eigenvalue weighted by Gasteiger charge is -2.17. The van der Waals surface area contributed by atoms with Gasteiger partial charge in [-0.05, 0) is 6.08 Å². The Morgan fingerprint density at radius 1 is 1.23 bits per heavy atom. The number of halogens is 5. The van der Waals surface area contributed by atoms with Crippen LogP contribution in [0.2, 0.25) is 0 Å². The largest absolute Gasteiger partial charge is 0.545 e. The summed E-state index contributed by atoms with van der Waals surface area (Å²) < 4.78 is 58.2. The first kappa shape index (κ1) is 11.9. The number of carboxylic acids is 1. The van der Waals surface area contributed by atoms with E-state index in [-0.39, 0.29) is 12.2 Å². The van der Waals surface area contributed by atoms with Gasteiger partial charge in [-0.2, -0.15) is 22.0 Å². The van der Waals surface area contributed by atoms with E-state index in [0.29, 0.717) is 0 Å². The van der Waals surface area contributed by atoms with E-state index >= 15 is 0 Å². The molecule has 0 aliphatic heterocycles. The number of allylic oxidation sites excluding steroid dienone is 1. The highest BCUT2D eigenvalue weighted by molar-refractivity contribution is 5.77. The molecular weight excluding hydrogens is 199 g/mol. The van der Waals surface area contributed by atoms with E-state index in [1.807, 2.05) is 0 Å². The zero-order valence-electron chi connectivity index (χ0n) is 6.07. The summed E-state index contributed by atoms with van der Waals surface area (Å²) in [6, 6.07) is 0. The van der Waals surface area contributed by atoms with Gasteiger partial charge in [0.2, 0.25) is 0 Å². The molecule has 76 valence electrons. The molecule has 0 amide bonds. The molecule has 0 fully saturated rings. The quantitative estimate of drug-likeness (QED) is 0.504. The molecule has 0 aromatic heterocycles. The van der Waals surface area contributed by atoms with E-state index in [2.05, 4.69) is 0 Å². The maximum Gasteiger partial charge on any atom is 0.453 e. The molecule has 0 aromatic rings. The van der Waals surface area contributed by atoms with Crippen LogP contribution in [0.3, 0.4) is 0 Å². The number of rotatable bonds is 3. The number of hydrogen-bond acceptors (Lipinski definition) is 2. The molecule has 7 heteroatoms. The van der Waals surface area contributed by atoms with Crippen molar-refractivity contribution < 1.29 is 31.9 Å². The SMILES string of the molecule is O=C([O-])C=CCC(F)(F)C(F)(F)F. The second-order valence-electron chi connectivity index (χ2n) is 2.13. The minimum absolute atomic E-state index is 0.125. The van der Waals surface area contributed by atoms with Crippen molar-refractivity contribution in [2.24, 2.45) is 0 Å². The smallest absolute Gasteiger partial charge is 0.453 e. The summed E-state index contributed by atoms with van der Waals surface area (Å²) in [5, 5.41) is 9.61. The van der Waals surface area contributed by atoms with Gasteiger partial charge in [0.1, 0.15) is 0 Å². The lowest BCUT2D eigenvalue weighted by Crippen LogP contribution is -2.35. The predicted octanol–water partition coefficient (Wildman–Crippen LogP) is 0.880. The van der Waals surface area contributed by atoms with Crippen LogP contribution in [0.25, 0.3) is 0 Å². The van der Waals surface area contributed by atoms with Crippen molar-refractivity contribution in [3.8, 4) is 0 Å². The maximum atomic E-state index is 12.0. The molecule has 0 unspecified atom stereocenters. The van der Waals surface area contributed by atoms with E-state index in [1.165, 1.54) is 0 Å². The van der Waals surface area contributed by atoms with Crippen LogP contribution in [0.1, 0.15) is 6.42 Å². The van der Waals surface area contributed by atoms with Crippen molar-refractivity contribution in [1.82, 2.24) is 0 Å². The number of aliphatic carboxylic acids is 1. The lowest BCUT2D eigenvalue weighted by molar-refractivity contribution is -0.297. The number of carbonyl (C=O) groups is 1. The Balaban J connectivity index is 4.27. The number of alkyl halides is 5. The third kappa shape index (κ3) is 3.86. The molecule has 0 rings (SSSR count). The standard InChI is InChI=1S/C6H5F5O2/c7-5(8,6(9,10)11)3-1-2-4(12)13/h1-2H,3H2,(H,12,13)/p-1. The van der Waals surface area contributed by atoms with Crippen molar-refractivity contribution in [2.45, 2.75) is 18.5 Å². The summed E-state index contributed by atoms with van der Waals surface area (Å²) >= 11 is 0. The fourth-order valence-electron chi connectivity index (χ4n) is 0.419. The molecule has 0 heterocycles. The molecule has 0 aliphatic carbocycles. The Bertz CT molecular complexity index is 218. The van der Waals surface area contributed by atoms with Crippen molar-refractivity contribution in [3.63, 3.8) is 0 Å². The average molecular weight is 203 g/mol. The number of carboxylic acid groups (broad SMARTS) is 1. The molecular formula is C6H4F5O2-. The highest BCUT2D eigenvalue weighted by Crippen LogP contribution is 2.38. The molecule has 0 aromatic carbocycles. The minimum Gasteiger partial charge on any atom is -0.545 e. The Kier molecular flexibility index (Phi) is 3.39. The monoisotopic (exact) mass is 203 g/mol. The minimum atomic E-state index is -5.66. The van der Waals surface area contributed by atoms with Crippen molar-refractivity contribution in [3.05, 3.63) is 12.2 Å². The number of carbonyl (C=O) groups excluding carboxylic acids is 1. The summed E-state index contributed by atoms with van der Waals surface area (Å²) in [6.45, 7) is 0. The summed E-state index contributed by atoms with van der Waals surface area (Å²) in [5.74, 6) is -6.73. The molecule has 0 bridgehead atoms. The summed E-state index contributed by atoms with van der Waals surface area (Å²) in [7, 11) is 0. The van der Waals surface area contributed by atoms with Gasteiger partial charge in [0, 0.05) is 6.42 Å². The van der Waals surface area contributed by atoms with E-state index in [1.54, 1.807) is 0 Å². The Hall–Kier alpha value is -1.14. The van der Waals surface area contributed by atoms with Gasteiger partial charge in [0.15, 0.2) is 0 Å². The molecule has 2 nitrogen and oxygen atoms in total. The molecule has 0 radical (unpaired) electrons. The van der Waals surface area contributed by atoms with Crippen LogP contribution in [-0.4, -0.2) is 18.1 Å². The van der Waals surface area contributed by atoms with Crippen LogP contribution < -0.4 is 5.11 Å². The zero-order valence-corrected chi connectivity index (χ0v) is 6.07. The van der Waals surface area contributed by atoms with Gasteiger partial charge in [-0.25, -0.2) is 0 Å². The summed E-state index contributed by atoms with van der Waals surface area (Å²) in [4.78, 5) is 9.61. The Labute approximate surface area is 69.7 Å². The van der Waals surface area contributed by atoms with Crippen molar-refractivity contribution in [2.75, 3.05) is 0 Å².